The van der Waals surface area contributed by atoms with Crippen molar-refractivity contribution in [2.75, 3.05) is 13.6 Å². The number of carbonyl (C=O) groups is 1. The largest absolute Gasteiger partial charge is 0.393 e. The highest BCUT2D eigenvalue weighted by atomic mass is 16.3. The number of H-pyrrole nitrogens is 1. The van der Waals surface area contributed by atoms with Gasteiger partial charge in [0.2, 0.25) is 0 Å². The van der Waals surface area contributed by atoms with Crippen LogP contribution in [0.3, 0.4) is 0 Å². The molecule has 2 N–H and O–H groups in total. The smallest absolute Gasteiger partial charge is 0.256 e. The van der Waals surface area contributed by atoms with Crippen LogP contribution >= 0.6 is 0 Å². The van der Waals surface area contributed by atoms with Crippen molar-refractivity contribution in [3.05, 3.63) is 18.0 Å². The molecule has 5 nitrogen and oxygen atoms in total. The molecule has 0 atom stereocenters. The number of aliphatic hydroxyl groups excluding tert-OH is 1. The average molecular weight is 209 g/mol. The van der Waals surface area contributed by atoms with E-state index in [-0.39, 0.29) is 12.0 Å². The Hall–Kier alpha value is -1.36. The summed E-state index contributed by atoms with van der Waals surface area (Å²) in [5.74, 6) is 0.422. The van der Waals surface area contributed by atoms with Crippen LogP contribution < -0.4 is 0 Å². The van der Waals surface area contributed by atoms with Gasteiger partial charge in [-0.05, 0) is 18.8 Å². The lowest BCUT2D eigenvalue weighted by Crippen LogP contribution is -2.39. The fourth-order valence-electron chi connectivity index (χ4n) is 1.91. The third kappa shape index (κ3) is 2.18. The van der Waals surface area contributed by atoms with Crippen LogP contribution in [-0.2, 0) is 0 Å². The highest BCUT2D eigenvalue weighted by molar-refractivity contribution is 5.93. The molecule has 1 aromatic heterocycles. The lowest BCUT2D eigenvalue weighted by Gasteiger charge is -2.34. The van der Waals surface area contributed by atoms with Crippen molar-refractivity contribution >= 4 is 5.91 Å². The van der Waals surface area contributed by atoms with Gasteiger partial charge in [-0.15, -0.1) is 0 Å². The first-order valence-electron chi connectivity index (χ1n) is 5.09. The maximum absolute atomic E-state index is 11.8. The number of aliphatic hydroxyl groups is 1. The summed E-state index contributed by atoms with van der Waals surface area (Å²) < 4.78 is 0. The van der Waals surface area contributed by atoms with Gasteiger partial charge in [0, 0.05) is 19.8 Å². The van der Waals surface area contributed by atoms with E-state index in [0.29, 0.717) is 18.0 Å². The summed E-state index contributed by atoms with van der Waals surface area (Å²) in [4.78, 5) is 13.4. The molecule has 15 heavy (non-hydrogen) atoms. The molecule has 0 aliphatic heterocycles. The van der Waals surface area contributed by atoms with E-state index in [2.05, 4.69) is 10.2 Å². The number of hydrogen-bond donors (Lipinski definition) is 2. The maximum Gasteiger partial charge on any atom is 0.256 e. The zero-order valence-corrected chi connectivity index (χ0v) is 8.68. The van der Waals surface area contributed by atoms with Crippen LogP contribution in [0.15, 0.2) is 12.4 Å². The summed E-state index contributed by atoms with van der Waals surface area (Å²) >= 11 is 0. The van der Waals surface area contributed by atoms with E-state index in [0.717, 1.165) is 12.8 Å². The van der Waals surface area contributed by atoms with Crippen molar-refractivity contribution in [3.8, 4) is 0 Å². The van der Waals surface area contributed by atoms with Crippen LogP contribution in [0.1, 0.15) is 23.2 Å². The Morgan fingerprint density at radius 2 is 2.47 bits per heavy atom. The minimum absolute atomic E-state index is 0.0230. The number of amides is 1. The third-order valence-corrected chi connectivity index (χ3v) is 2.83. The molecule has 1 heterocycles. The van der Waals surface area contributed by atoms with Crippen molar-refractivity contribution in [2.45, 2.75) is 18.9 Å². The molecule has 1 saturated carbocycles. The lowest BCUT2D eigenvalue weighted by atomic mass is 9.82. The summed E-state index contributed by atoms with van der Waals surface area (Å²) in [6.07, 6.45) is 4.57. The van der Waals surface area contributed by atoms with Crippen molar-refractivity contribution < 1.29 is 9.90 Å². The van der Waals surface area contributed by atoms with Crippen LogP contribution in [0.2, 0.25) is 0 Å². The van der Waals surface area contributed by atoms with Gasteiger partial charge in [-0.25, -0.2) is 0 Å². The first-order chi connectivity index (χ1) is 7.16. The Balaban J connectivity index is 1.86. The van der Waals surface area contributed by atoms with E-state index >= 15 is 0 Å². The molecule has 1 amide bonds. The van der Waals surface area contributed by atoms with Gasteiger partial charge in [-0.1, -0.05) is 0 Å². The van der Waals surface area contributed by atoms with Crippen molar-refractivity contribution in [2.24, 2.45) is 5.92 Å². The highest BCUT2D eigenvalue weighted by Crippen LogP contribution is 2.27. The first-order valence-corrected chi connectivity index (χ1v) is 5.09. The van der Waals surface area contributed by atoms with Gasteiger partial charge in [-0.2, -0.15) is 5.10 Å². The molecule has 0 radical (unpaired) electrons. The molecule has 2 rings (SSSR count). The minimum atomic E-state index is -0.160. The molecule has 0 saturated heterocycles. The van der Waals surface area contributed by atoms with Crippen LogP contribution in [0.5, 0.6) is 0 Å². The molecule has 1 aliphatic rings. The first kappa shape index (κ1) is 10.2. The van der Waals surface area contributed by atoms with Crippen molar-refractivity contribution in [1.29, 1.82) is 0 Å². The predicted molar refractivity (Wildman–Crippen MR) is 54.3 cm³/mol. The van der Waals surface area contributed by atoms with E-state index in [9.17, 15) is 4.79 Å². The van der Waals surface area contributed by atoms with Gasteiger partial charge < -0.3 is 10.0 Å². The molecule has 82 valence electrons. The van der Waals surface area contributed by atoms with Gasteiger partial charge in [-0.3, -0.25) is 9.89 Å². The normalized spacial score (nSPS) is 24.7. The van der Waals surface area contributed by atoms with E-state index < -0.39 is 0 Å². The Morgan fingerprint density at radius 3 is 3.00 bits per heavy atom. The summed E-state index contributed by atoms with van der Waals surface area (Å²) in [5.41, 5.74) is 0.581. The molecule has 1 fully saturated rings. The number of nitrogens with one attached hydrogen (secondary N) is 1. The summed E-state index contributed by atoms with van der Waals surface area (Å²) in [6.45, 7) is 0.709. The topological polar surface area (TPSA) is 69.2 Å². The number of aromatic nitrogens is 2. The Morgan fingerprint density at radius 1 is 1.73 bits per heavy atom. The maximum atomic E-state index is 11.8. The molecule has 0 aromatic carbocycles. The third-order valence-electron chi connectivity index (χ3n) is 2.83. The monoisotopic (exact) mass is 209 g/mol. The molecule has 1 aliphatic carbocycles. The molecular formula is C10H15N3O2. The number of rotatable bonds is 3. The minimum Gasteiger partial charge on any atom is -0.393 e. The zero-order valence-electron chi connectivity index (χ0n) is 8.68. The second-order valence-corrected chi connectivity index (χ2v) is 4.16. The fraction of sp³-hybridized carbons (Fsp3) is 0.600. The standard InChI is InChI=1S/C10H15N3O2/c1-13(6-7-2-9(14)3-7)10(15)8-4-11-12-5-8/h4-5,7,9,14H,2-3,6H2,1H3,(H,11,12). The van der Waals surface area contributed by atoms with E-state index in [4.69, 9.17) is 5.11 Å². The van der Waals surface area contributed by atoms with E-state index in [1.807, 2.05) is 0 Å². The molecule has 5 heteroatoms. The van der Waals surface area contributed by atoms with Crippen LogP contribution in [-0.4, -0.2) is 45.8 Å². The average Bonchev–Trinajstić information content (AvgIpc) is 2.66. The number of hydrogen-bond acceptors (Lipinski definition) is 3. The van der Waals surface area contributed by atoms with Gasteiger partial charge in [0.15, 0.2) is 0 Å². The Labute approximate surface area is 88.1 Å². The zero-order chi connectivity index (χ0) is 10.8. The second-order valence-electron chi connectivity index (χ2n) is 4.16. The molecule has 0 bridgehead atoms. The Bertz CT molecular complexity index is 330. The van der Waals surface area contributed by atoms with Gasteiger partial charge in [0.1, 0.15) is 0 Å². The quantitative estimate of drug-likeness (QED) is 0.750. The predicted octanol–water partition coefficient (Wildman–Crippen LogP) is 0.253. The molecule has 0 spiro atoms. The van der Waals surface area contributed by atoms with Gasteiger partial charge in [0.25, 0.3) is 5.91 Å². The number of aromatic amines is 1. The molecular weight excluding hydrogens is 194 g/mol. The summed E-state index contributed by atoms with van der Waals surface area (Å²) in [7, 11) is 1.78. The molecule has 0 unspecified atom stereocenters. The van der Waals surface area contributed by atoms with Crippen LogP contribution in [0.4, 0.5) is 0 Å². The van der Waals surface area contributed by atoms with Gasteiger partial charge >= 0.3 is 0 Å². The number of carbonyl (C=O) groups excluding carboxylic acids is 1. The second kappa shape index (κ2) is 4.02. The van der Waals surface area contributed by atoms with Crippen LogP contribution in [0.25, 0.3) is 0 Å². The fourth-order valence-corrected chi connectivity index (χ4v) is 1.91. The summed E-state index contributed by atoms with van der Waals surface area (Å²) in [6, 6.07) is 0. The van der Waals surface area contributed by atoms with Crippen LogP contribution in [0, 0.1) is 5.92 Å². The molecule has 1 aromatic rings. The highest BCUT2D eigenvalue weighted by Gasteiger charge is 2.29. The Kier molecular flexibility index (Phi) is 2.73. The van der Waals surface area contributed by atoms with Crippen molar-refractivity contribution in [1.82, 2.24) is 15.1 Å². The van der Waals surface area contributed by atoms with Gasteiger partial charge in [0.05, 0.1) is 17.9 Å². The lowest BCUT2D eigenvalue weighted by molar-refractivity contribution is 0.0265. The summed E-state index contributed by atoms with van der Waals surface area (Å²) in [5, 5.41) is 15.5. The number of nitrogens with zero attached hydrogens (tertiary/aromatic N) is 2. The van der Waals surface area contributed by atoms with E-state index in [1.165, 1.54) is 6.20 Å². The van der Waals surface area contributed by atoms with Crippen molar-refractivity contribution in [3.63, 3.8) is 0 Å². The SMILES string of the molecule is CN(CC1CC(O)C1)C(=O)c1cn[nH]c1. The van der Waals surface area contributed by atoms with E-state index in [1.54, 1.807) is 18.1 Å².